The van der Waals surface area contributed by atoms with E-state index in [1.54, 1.807) is 0 Å². The third kappa shape index (κ3) is 9.87. The number of carboxylic acid groups (broad SMARTS) is 1. The third-order valence-corrected chi connectivity index (χ3v) is 2.47. The monoisotopic (exact) mass is 273 g/mol. The van der Waals surface area contributed by atoms with E-state index in [9.17, 15) is 14.4 Å². The molecule has 0 radical (unpaired) electrons. The molecular formula is C12H23N3O4. The lowest BCUT2D eigenvalue weighted by atomic mass is 10.0. The Balaban J connectivity index is 3.87. The molecule has 0 fully saturated rings. The summed E-state index contributed by atoms with van der Waals surface area (Å²) in [5, 5.41) is 13.9. The summed E-state index contributed by atoms with van der Waals surface area (Å²) in [7, 11) is 0. The van der Waals surface area contributed by atoms with Gasteiger partial charge in [0.25, 0.3) is 0 Å². The summed E-state index contributed by atoms with van der Waals surface area (Å²) in [4.78, 5) is 32.9. The molecule has 0 saturated carbocycles. The number of rotatable bonds is 9. The molecule has 0 aromatic carbocycles. The lowest BCUT2D eigenvalue weighted by Gasteiger charge is -2.16. The zero-order valence-electron chi connectivity index (χ0n) is 11.4. The van der Waals surface area contributed by atoms with Crippen LogP contribution in [0.5, 0.6) is 0 Å². The summed E-state index contributed by atoms with van der Waals surface area (Å²) in [6.45, 7) is 4.21. The maximum atomic E-state index is 11.5. The Hall–Kier alpha value is -1.79. The molecule has 110 valence electrons. The van der Waals surface area contributed by atoms with Crippen LogP contribution in [0.1, 0.15) is 39.5 Å². The lowest BCUT2D eigenvalue weighted by Crippen LogP contribution is -2.41. The largest absolute Gasteiger partial charge is 0.480 e. The SMILES string of the molecule is CC(C)C[C@@H](NC(=O)CCCCNC(N)=O)C(=O)O. The lowest BCUT2D eigenvalue weighted by molar-refractivity contribution is -0.142. The summed E-state index contributed by atoms with van der Waals surface area (Å²) in [5.74, 6) is -1.11. The zero-order chi connectivity index (χ0) is 14.8. The summed E-state index contributed by atoms with van der Waals surface area (Å²) >= 11 is 0. The van der Waals surface area contributed by atoms with E-state index >= 15 is 0 Å². The van der Waals surface area contributed by atoms with Crippen molar-refractivity contribution >= 4 is 17.9 Å². The molecule has 0 spiro atoms. The highest BCUT2D eigenvalue weighted by atomic mass is 16.4. The van der Waals surface area contributed by atoms with Gasteiger partial charge in [-0.2, -0.15) is 0 Å². The fourth-order valence-electron chi connectivity index (χ4n) is 1.58. The van der Waals surface area contributed by atoms with Crippen LogP contribution in [-0.2, 0) is 9.59 Å². The Bertz CT molecular complexity index is 318. The Kier molecular flexibility index (Phi) is 8.32. The van der Waals surface area contributed by atoms with Crippen LogP contribution < -0.4 is 16.4 Å². The van der Waals surface area contributed by atoms with E-state index in [0.717, 1.165) is 0 Å². The molecule has 5 N–H and O–H groups in total. The second-order valence-electron chi connectivity index (χ2n) is 4.84. The van der Waals surface area contributed by atoms with Gasteiger partial charge < -0.3 is 21.5 Å². The van der Waals surface area contributed by atoms with Gasteiger partial charge in [-0.3, -0.25) is 4.79 Å². The zero-order valence-corrected chi connectivity index (χ0v) is 11.4. The molecule has 0 aromatic heterocycles. The number of unbranched alkanes of at least 4 members (excludes halogenated alkanes) is 1. The molecule has 19 heavy (non-hydrogen) atoms. The van der Waals surface area contributed by atoms with Crippen LogP contribution in [0.4, 0.5) is 4.79 Å². The van der Waals surface area contributed by atoms with Crippen molar-refractivity contribution in [2.75, 3.05) is 6.54 Å². The number of carboxylic acids is 1. The van der Waals surface area contributed by atoms with Crippen molar-refractivity contribution in [1.29, 1.82) is 0 Å². The normalized spacial score (nSPS) is 11.9. The van der Waals surface area contributed by atoms with E-state index in [-0.39, 0.29) is 18.2 Å². The van der Waals surface area contributed by atoms with Crippen LogP contribution in [0.15, 0.2) is 0 Å². The van der Waals surface area contributed by atoms with Crippen molar-refractivity contribution in [2.24, 2.45) is 11.7 Å². The molecule has 0 unspecified atom stereocenters. The minimum Gasteiger partial charge on any atom is -0.480 e. The number of primary amides is 1. The van der Waals surface area contributed by atoms with Gasteiger partial charge in [-0.05, 0) is 25.2 Å². The first kappa shape index (κ1) is 17.2. The van der Waals surface area contributed by atoms with Crippen molar-refractivity contribution in [3.8, 4) is 0 Å². The third-order valence-electron chi connectivity index (χ3n) is 2.47. The number of nitrogens with one attached hydrogen (secondary N) is 2. The van der Waals surface area contributed by atoms with Crippen LogP contribution >= 0.6 is 0 Å². The number of urea groups is 1. The van der Waals surface area contributed by atoms with Gasteiger partial charge in [-0.25, -0.2) is 9.59 Å². The molecule has 0 aliphatic heterocycles. The Labute approximate surface area is 112 Å². The summed E-state index contributed by atoms with van der Waals surface area (Å²) in [6, 6.07) is -1.43. The highest BCUT2D eigenvalue weighted by Gasteiger charge is 2.20. The van der Waals surface area contributed by atoms with Crippen LogP contribution in [0.25, 0.3) is 0 Å². The maximum absolute atomic E-state index is 11.5. The van der Waals surface area contributed by atoms with E-state index in [0.29, 0.717) is 25.8 Å². The van der Waals surface area contributed by atoms with E-state index in [1.807, 2.05) is 13.8 Å². The molecule has 0 rings (SSSR count). The molecule has 0 aliphatic rings. The average molecular weight is 273 g/mol. The van der Waals surface area contributed by atoms with E-state index in [2.05, 4.69) is 10.6 Å². The Morgan fingerprint density at radius 1 is 1.21 bits per heavy atom. The quantitative estimate of drug-likeness (QED) is 0.455. The first-order chi connectivity index (χ1) is 8.82. The Morgan fingerprint density at radius 3 is 2.32 bits per heavy atom. The molecule has 0 bridgehead atoms. The number of nitrogens with two attached hydrogens (primary N) is 1. The van der Waals surface area contributed by atoms with Crippen LogP contribution in [0, 0.1) is 5.92 Å². The summed E-state index contributed by atoms with van der Waals surface area (Å²) < 4.78 is 0. The highest BCUT2D eigenvalue weighted by Crippen LogP contribution is 2.05. The molecule has 0 aliphatic carbocycles. The number of amides is 3. The average Bonchev–Trinajstić information content (AvgIpc) is 2.26. The second kappa shape index (κ2) is 9.18. The van der Waals surface area contributed by atoms with E-state index in [4.69, 9.17) is 10.8 Å². The van der Waals surface area contributed by atoms with Gasteiger partial charge in [0.05, 0.1) is 0 Å². The van der Waals surface area contributed by atoms with Gasteiger partial charge in [0.15, 0.2) is 0 Å². The van der Waals surface area contributed by atoms with E-state index in [1.165, 1.54) is 0 Å². The molecule has 3 amide bonds. The topological polar surface area (TPSA) is 122 Å². The van der Waals surface area contributed by atoms with Gasteiger partial charge in [-0.15, -0.1) is 0 Å². The predicted molar refractivity (Wildman–Crippen MR) is 70.5 cm³/mol. The molecule has 0 saturated heterocycles. The molecule has 1 atom stereocenters. The van der Waals surface area contributed by atoms with Crippen molar-refractivity contribution in [3.63, 3.8) is 0 Å². The molecule has 0 heterocycles. The minimum atomic E-state index is -1.02. The van der Waals surface area contributed by atoms with Crippen molar-refractivity contribution in [1.82, 2.24) is 10.6 Å². The fraction of sp³-hybridized carbons (Fsp3) is 0.750. The van der Waals surface area contributed by atoms with Gasteiger partial charge in [-0.1, -0.05) is 13.8 Å². The van der Waals surface area contributed by atoms with Gasteiger partial charge in [0, 0.05) is 13.0 Å². The number of hydrogen-bond donors (Lipinski definition) is 4. The van der Waals surface area contributed by atoms with E-state index < -0.39 is 18.0 Å². The molecule has 7 heteroatoms. The van der Waals surface area contributed by atoms with Crippen molar-refractivity contribution < 1.29 is 19.5 Å². The summed E-state index contributed by atoms with van der Waals surface area (Å²) in [6.07, 6.45) is 1.84. The smallest absolute Gasteiger partial charge is 0.326 e. The van der Waals surface area contributed by atoms with Crippen LogP contribution in [-0.4, -0.2) is 35.6 Å². The molecule has 0 aromatic rings. The minimum absolute atomic E-state index is 0.196. The van der Waals surface area contributed by atoms with Crippen molar-refractivity contribution in [2.45, 2.75) is 45.6 Å². The van der Waals surface area contributed by atoms with Gasteiger partial charge >= 0.3 is 12.0 Å². The summed E-state index contributed by atoms with van der Waals surface area (Å²) in [5.41, 5.74) is 4.89. The molecular weight excluding hydrogens is 250 g/mol. The first-order valence-corrected chi connectivity index (χ1v) is 6.38. The van der Waals surface area contributed by atoms with Crippen LogP contribution in [0.2, 0.25) is 0 Å². The van der Waals surface area contributed by atoms with Crippen LogP contribution in [0.3, 0.4) is 0 Å². The number of carbonyl (C=O) groups excluding carboxylic acids is 2. The van der Waals surface area contributed by atoms with Crippen molar-refractivity contribution in [3.05, 3.63) is 0 Å². The fourth-order valence-corrected chi connectivity index (χ4v) is 1.58. The number of carbonyl (C=O) groups is 3. The van der Waals surface area contributed by atoms with Gasteiger partial charge in [0.1, 0.15) is 6.04 Å². The predicted octanol–water partition coefficient (Wildman–Crippen LogP) is 0.441. The van der Waals surface area contributed by atoms with Gasteiger partial charge in [0.2, 0.25) is 5.91 Å². The molecule has 7 nitrogen and oxygen atoms in total. The Morgan fingerprint density at radius 2 is 1.84 bits per heavy atom. The number of hydrogen-bond acceptors (Lipinski definition) is 3. The highest BCUT2D eigenvalue weighted by molar-refractivity contribution is 5.83. The standard InChI is InChI=1S/C12H23N3O4/c1-8(2)7-9(11(17)18)15-10(16)5-3-4-6-14-12(13)19/h8-9H,3-7H2,1-2H3,(H,15,16)(H,17,18)(H3,13,14,19)/t9-/m1/s1. The maximum Gasteiger partial charge on any atom is 0.326 e. The second-order valence-corrected chi connectivity index (χ2v) is 4.84. The first-order valence-electron chi connectivity index (χ1n) is 6.38. The number of aliphatic carboxylic acids is 1.